The van der Waals surface area contributed by atoms with E-state index in [2.05, 4.69) is 41.9 Å². The molecule has 0 bridgehead atoms. The van der Waals surface area contributed by atoms with Crippen LogP contribution >= 0.6 is 0 Å². The van der Waals surface area contributed by atoms with Gasteiger partial charge in [-0.15, -0.1) is 0 Å². The van der Waals surface area contributed by atoms with Gasteiger partial charge in [0, 0.05) is 31.4 Å². The summed E-state index contributed by atoms with van der Waals surface area (Å²) in [6, 6.07) is 6.41. The van der Waals surface area contributed by atoms with Gasteiger partial charge in [-0.25, -0.2) is 33.8 Å². The Hall–Kier alpha value is -5.26. The van der Waals surface area contributed by atoms with Gasteiger partial charge in [0.1, 0.15) is 41.0 Å². The van der Waals surface area contributed by atoms with E-state index >= 15 is 4.39 Å². The first-order valence-corrected chi connectivity index (χ1v) is 12.1. The van der Waals surface area contributed by atoms with Gasteiger partial charge in [0.15, 0.2) is 17.3 Å². The Morgan fingerprint density at radius 1 is 1.18 bits per heavy atom. The molecule has 11 nitrogen and oxygen atoms in total. The highest BCUT2D eigenvalue weighted by Gasteiger charge is 2.19. The number of anilines is 2. The number of aromatic nitrogens is 7. The van der Waals surface area contributed by atoms with Crippen LogP contribution < -0.4 is 10.1 Å². The van der Waals surface area contributed by atoms with Crippen LogP contribution in [0.4, 0.5) is 15.9 Å². The molecular weight excluding hydrogens is 501 g/mol. The lowest BCUT2D eigenvalue weighted by Gasteiger charge is -2.24. The second-order valence-electron chi connectivity index (χ2n) is 8.87. The Balaban J connectivity index is 1.27. The average Bonchev–Trinajstić information content (AvgIpc) is 3.43. The lowest BCUT2D eigenvalue weighted by atomic mass is 10.1. The second-order valence-corrected chi connectivity index (χ2v) is 8.87. The summed E-state index contributed by atoms with van der Waals surface area (Å²) in [5.41, 5.74) is 3.41. The number of amides is 1. The molecule has 1 amide bonds. The van der Waals surface area contributed by atoms with Gasteiger partial charge < -0.3 is 15.0 Å². The third-order valence-corrected chi connectivity index (χ3v) is 6.36. The van der Waals surface area contributed by atoms with Gasteiger partial charge in [0.2, 0.25) is 5.91 Å². The van der Waals surface area contributed by atoms with Gasteiger partial charge in [-0.3, -0.25) is 4.79 Å². The highest BCUT2D eigenvalue weighted by molar-refractivity contribution is 5.89. The molecule has 0 atom stereocenters. The number of nitrogens with one attached hydrogen (secondary N) is 1. The minimum Gasteiger partial charge on any atom is -0.457 e. The molecule has 39 heavy (non-hydrogen) atoms. The summed E-state index contributed by atoms with van der Waals surface area (Å²) in [6.45, 7) is 6.35. The van der Waals surface area contributed by atoms with Crippen LogP contribution in [0.25, 0.3) is 22.3 Å². The number of carbonyl (C=O) groups excluding carboxylic acids is 1. The molecule has 1 N–H and O–H groups in total. The average molecular weight is 524 g/mol. The number of aryl methyl sites for hydroxylation is 1. The summed E-state index contributed by atoms with van der Waals surface area (Å²) in [5.74, 6) is 1.09. The van der Waals surface area contributed by atoms with Crippen LogP contribution in [0.5, 0.6) is 11.5 Å². The lowest BCUT2D eigenvalue weighted by molar-refractivity contribution is -0.125. The van der Waals surface area contributed by atoms with Crippen molar-refractivity contribution in [3.05, 3.63) is 85.2 Å². The first kappa shape index (κ1) is 24.1. The van der Waals surface area contributed by atoms with Crippen molar-refractivity contribution in [1.82, 2.24) is 39.4 Å². The van der Waals surface area contributed by atoms with Crippen molar-refractivity contribution in [2.24, 2.45) is 0 Å². The number of fused-ring (bicyclic) bond motifs is 2. The molecule has 0 radical (unpaired) electrons. The van der Waals surface area contributed by atoms with E-state index in [-0.39, 0.29) is 11.6 Å². The van der Waals surface area contributed by atoms with E-state index in [4.69, 9.17) is 4.74 Å². The highest BCUT2D eigenvalue weighted by atomic mass is 19.1. The number of hydrogen-bond donors (Lipinski definition) is 1. The van der Waals surface area contributed by atoms with Crippen molar-refractivity contribution in [2.45, 2.75) is 13.3 Å². The van der Waals surface area contributed by atoms with Gasteiger partial charge in [-0.05, 0) is 42.7 Å². The summed E-state index contributed by atoms with van der Waals surface area (Å²) in [5, 5.41) is 7.11. The number of pyridine rings is 1. The molecule has 194 valence electrons. The molecule has 1 aliphatic rings. The van der Waals surface area contributed by atoms with Crippen LogP contribution in [0.15, 0.2) is 68.0 Å². The minimum atomic E-state index is -0.526. The first-order chi connectivity index (χ1) is 19.0. The fraction of sp³-hybridized carbons (Fsp3) is 0.148. The van der Waals surface area contributed by atoms with Gasteiger partial charge in [-0.1, -0.05) is 12.7 Å². The monoisotopic (exact) mass is 523 g/mol. The molecule has 5 aromatic rings. The quantitative estimate of drug-likeness (QED) is 0.325. The van der Waals surface area contributed by atoms with E-state index in [1.165, 1.54) is 24.8 Å². The fourth-order valence-electron chi connectivity index (χ4n) is 4.29. The molecule has 0 unspecified atom stereocenters. The Labute approximate surface area is 221 Å². The van der Waals surface area contributed by atoms with Crippen LogP contribution in [-0.4, -0.2) is 58.4 Å². The van der Waals surface area contributed by atoms with E-state index in [0.29, 0.717) is 64.9 Å². The van der Waals surface area contributed by atoms with E-state index in [1.54, 1.807) is 40.0 Å². The molecule has 1 aromatic carbocycles. The molecular formula is C27H22FN9O2. The zero-order valence-electron chi connectivity index (χ0n) is 20.9. The van der Waals surface area contributed by atoms with E-state index in [9.17, 15) is 4.79 Å². The van der Waals surface area contributed by atoms with E-state index in [0.717, 1.165) is 5.57 Å². The Morgan fingerprint density at radius 2 is 2.08 bits per heavy atom. The Morgan fingerprint density at radius 3 is 2.90 bits per heavy atom. The van der Waals surface area contributed by atoms with Crippen LogP contribution in [0, 0.1) is 12.7 Å². The molecule has 0 fully saturated rings. The van der Waals surface area contributed by atoms with Crippen LogP contribution in [0.2, 0.25) is 0 Å². The predicted octanol–water partition coefficient (Wildman–Crippen LogP) is 4.25. The highest BCUT2D eigenvalue weighted by Crippen LogP contribution is 2.32. The van der Waals surface area contributed by atoms with Gasteiger partial charge in [0.25, 0.3) is 0 Å². The van der Waals surface area contributed by atoms with Crippen molar-refractivity contribution < 1.29 is 13.9 Å². The molecule has 0 spiro atoms. The van der Waals surface area contributed by atoms with Crippen molar-refractivity contribution >= 4 is 39.7 Å². The zero-order valence-corrected chi connectivity index (χ0v) is 20.9. The number of benzene rings is 1. The predicted molar refractivity (Wildman–Crippen MR) is 142 cm³/mol. The maximum Gasteiger partial charge on any atom is 0.246 e. The van der Waals surface area contributed by atoms with Crippen LogP contribution in [0.1, 0.15) is 17.8 Å². The molecule has 12 heteroatoms. The lowest BCUT2D eigenvalue weighted by Crippen LogP contribution is -2.33. The third-order valence-electron chi connectivity index (χ3n) is 6.36. The minimum absolute atomic E-state index is 0.116. The Kier molecular flexibility index (Phi) is 6.11. The number of ether oxygens (including phenoxy) is 1. The largest absolute Gasteiger partial charge is 0.457 e. The summed E-state index contributed by atoms with van der Waals surface area (Å²) >= 11 is 0. The van der Waals surface area contributed by atoms with E-state index in [1.807, 2.05) is 13.0 Å². The molecule has 0 saturated heterocycles. The number of carbonyl (C=O) groups is 1. The molecule has 1 aliphatic heterocycles. The number of hydrogen-bond acceptors (Lipinski definition) is 9. The first-order valence-electron chi connectivity index (χ1n) is 12.1. The number of nitrogens with zero attached hydrogens (tertiary/aromatic N) is 8. The van der Waals surface area contributed by atoms with Crippen LogP contribution in [0.3, 0.4) is 0 Å². The van der Waals surface area contributed by atoms with Gasteiger partial charge in [-0.2, -0.15) is 5.10 Å². The van der Waals surface area contributed by atoms with Gasteiger partial charge in [0.05, 0.1) is 11.9 Å². The molecule has 0 saturated carbocycles. The maximum atomic E-state index is 15.2. The second kappa shape index (κ2) is 9.89. The van der Waals surface area contributed by atoms with Crippen molar-refractivity contribution in [1.29, 1.82) is 0 Å². The summed E-state index contributed by atoms with van der Waals surface area (Å²) in [6.07, 6.45) is 9.97. The maximum absolute atomic E-state index is 15.2. The summed E-state index contributed by atoms with van der Waals surface area (Å²) in [4.78, 5) is 35.4. The summed E-state index contributed by atoms with van der Waals surface area (Å²) < 4.78 is 22.8. The summed E-state index contributed by atoms with van der Waals surface area (Å²) in [7, 11) is 0. The molecule has 6 rings (SSSR count). The molecule has 5 heterocycles. The van der Waals surface area contributed by atoms with Gasteiger partial charge >= 0.3 is 0 Å². The number of rotatable bonds is 6. The molecule has 0 aliphatic carbocycles. The Bertz CT molecular complexity index is 1780. The van der Waals surface area contributed by atoms with E-state index < -0.39 is 5.82 Å². The molecule has 4 aromatic heterocycles. The number of halogens is 1. The fourth-order valence-corrected chi connectivity index (χ4v) is 4.29. The normalized spacial score (nSPS) is 13.4. The third kappa shape index (κ3) is 4.75. The van der Waals surface area contributed by atoms with Crippen molar-refractivity contribution in [3.8, 4) is 11.5 Å². The van der Waals surface area contributed by atoms with Crippen molar-refractivity contribution in [3.63, 3.8) is 0 Å². The topological polar surface area (TPSA) is 123 Å². The van der Waals surface area contributed by atoms with Crippen molar-refractivity contribution in [2.75, 3.05) is 18.4 Å². The standard InChI is InChI=1S/C27H22FN9O2/c1-3-24(38)36-7-4-17(5-8-36)26-29-13-21-25(35-26)27(32-14-30-21)34-20-10-16(2)22(12-19(20)28)39-18-6-9-37-23(11-18)31-15-33-37/h3-4,6,9-15H,1,5,7-8H2,2H3,(H,30,32,34). The smallest absolute Gasteiger partial charge is 0.246 e. The van der Waals surface area contributed by atoms with Crippen LogP contribution in [-0.2, 0) is 4.79 Å². The zero-order chi connectivity index (χ0) is 26.9. The SMILES string of the molecule is C=CC(=O)N1CC=C(c2ncc3ncnc(Nc4cc(C)c(Oc5ccn6ncnc6c5)cc4F)c3n2)CC1.